The molecule has 4 aromatic carbocycles. The van der Waals surface area contributed by atoms with Crippen LogP contribution in [0.2, 0.25) is 0 Å². The average Bonchev–Trinajstić information content (AvgIpc) is 3.22. The number of amides is 3. The summed E-state index contributed by atoms with van der Waals surface area (Å²) in [4.78, 5) is 58.6. The van der Waals surface area contributed by atoms with Gasteiger partial charge in [0.1, 0.15) is 24.7 Å². The van der Waals surface area contributed by atoms with Gasteiger partial charge >= 0.3 is 12.1 Å². The number of nitrogens with two attached hydrogens (primary N) is 1. The average molecular weight is 785 g/mol. The van der Waals surface area contributed by atoms with E-state index in [2.05, 4.69) is 20.9 Å². The molecule has 13 heteroatoms. The SMILES string of the molecule is CCOc1ccc(-c2ccc(C(=O)N[C@H](CCNC(=O)OCc3ccccc3)CC(C)C)cc2C(=O)OCc2ccccc2)c(C(=O)Nc2ccc(C(=N)N)cc2)n1. The van der Waals surface area contributed by atoms with Crippen molar-refractivity contribution in [2.24, 2.45) is 11.7 Å². The predicted molar refractivity (Wildman–Crippen MR) is 222 cm³/mol. The molecule has 0 bridgehead atoms. The quantitative estimate of drug-likeness (QED) is 0.0340. The maximum Gasteiger partial charge on any atom is 0.407 e. The Bertz CT molecular complexity index is 2200. The van der Waals surface area contributed by atoms with Crippen molar-refractivity contribution in [1.82, 2.24) is 15.6 Å². The number of amidine groups is 1. The molecule has 0 aliphatic heterocycles. The van der Waals surface area contributed by atoms with Crippen LogP contribution >= 0.6 is 0 Å². The van der Waals surface area contributed by atoms with Crippen molar-refractivity contribution in [3.05, 3.63) is 149 Å². The first-order valence-electron chi connectivity index (χ1n) is 19.0. The fourth-order valence-corrected chi connectivity index (χ4v) is 6.08. The van der Waals surface area contributed by atoms with Crippen molar-refractivity contribution in [2.45, 2.75) is 52.9 Å². The highest BCUT2D eigenvalue weighted by molar-refractivity contribution is 6.10. The van der Waals surface area contributed by atoms with E-state index in [1.54, 1.807) is 55.5 Å². The molecule has 6 N–H and O–H groups in total. The molecule has 58 heavy (non-hydrogen) atoms. The predicted octanol–water partition coefficient (Wildman–Crippen LogP) is 7.50. The zero-order chi connectivity index (χ0) is 41.4. The Morgan fingerprint density at radius 1 is 0.759 bits per heavy atom. The van der Waals surface area contributed by atoms with Crippen LogP contribution in [0.5, 0.6) is 5.88 Å². The molecule has 0 spiro atoms. The lowest BCUT2D eigenvalue weighted by molar-refractivity contribution is 0.0473. The van der Waals surface area contributed by atoms with E-state index in [1.807, 2.05) is 74.5 Å². The van der Waals surface area contributed by atoms with Crippen LogP contribution < -0.4 is 26.4 Å². The van der Waals surface area contributed by atoms with E-state index in [1.165, 1.54) is 6.07 Å². The Balaban J connectivity index is 1.41. The van der Waals surface area contributed by atoms with Crippen LogP contribution in [0, 0.1) is 11.3 Å². The van der Waals surface area contributed by atoms with Gasteiger partial charge in [0.25, 0.3) is 11.8 Å². The minimum Gasteiger partial charge on any atom is -0.478 e. The molecule has 13 nitrogen and oxygen atoms in total. The summed E-state index contributed by atoms with van der Waals surface area (Å²) < 4.78 is 16.7. The Kier molecular flexibility index (Phi) is 15.1. The molecule has 0 saturated carbocycles. The molecule has 0 fully saturated rings. The molecule has 0 radical (unpaired) electrons. The third-order valence-electron chi connectivity index (χ3n) is 8.90. The maximum atomic E-state index is 14.0. The van der Waals surface area contributed by atoms with Gasteiger partial charge < -0.3 is 35.9 Å². The zero-order valence-corrected chi connectivity index (χ0v) is 32.7. The van der Waals surface area contributed by atoms with Gasteiger partial charge in [-0.1, -0.05) is 80.6 Å². The van der Waals surface area contributed by atoms with Crippen LogP contribution in [0.3, 0.4) is 0 Å². The number of hydrogen-bond acceptors (Lipinski definition) is 9. The molecule has 1 heterocycles. The van der Waals surface area contributed by atoms with Gasteiger partial charge in [-0.15, -0.1) is 0 Å². The molecule has 0 unspecified atom stereocenters. The fraction of sp³-hybridized carbons (Fsp3) is 0.244. The fourth-order valence-electron chi connectivity index (χ4n) is 6.08. The summed E-state index contributed by atoms with van der Waals surface area (Å²) in [7, 11) is 0. The summed E-state index contributed by atoms with van der Waals surface area (Å²) in [5.74, 6) is -1.43. The Hall–Kier alpha value is -7.02. The van der Waals surface area contributed by atoms with Crippen molar-refractivity contribution >= 4 is 35.4 Å². The highest BCUT2D eigenvalue weighted by Crippen LogP contribution is 2.31. The number of nitrogens with zero attached hydrogens (tertiary/aromatic N) is 1. The number of ether oxygens (including phenoxy) is 3. The molecule has 1 aromatic heterocycles. The molecule has 5 aromatic rings. The Labute approximate surface area is 337 Å². The molecule has 0 aliphatic carbocycles. The second-order valence-corrected chi connectivity index (χ2v) is 13.8. The molecule has 0 aliphatic rings. The van der Waals surface area contributed by atoms with Crippen molar-refractivity contribution in [3.63, 3.8) is 0 Å². The number of hydrogen-bond donors (Lipinski definition) is 5. The van der Waals surface area contributed by atoms with Crippen LogP contribution in [0.1, 0.15) is 81.5 Å². The van der Waals surface area contributed by atoms with E-state index in [9.17, 15) is 19.2 Å². The summed E-state index contributed by atoms with van der Waals surface area (Å²) in [6.45, 7) is 6.54. The van der Waals surface area contributed by atoms with Gasteiger partial charge in [0.2, 0.25) is 5.88 Å². The number of pyridine rings is 1. The molecule has 300 valence electrons. The standard InChI is InChI=1S/C45H48N6O7/c1-4-56-39-22-21-37(40(51-39)43(53)49-34-18-15-32(16-19-34)41(46)47)36-20-17-33(26-38(36)44(54)57-27-30-11-7-5-8-12-30)42(52)50-35(25-29(2)3)23-24-48-45(55)58-28-31-13-9-6-10-14-31/h5-22,26,29,35H,4,23-25,27-28H2,1-3H3,(H3,46,47)(H,48,55)(H,49,53)(H,50,52)/t35-/m1/s1. The Morgan fingerprint density at radius 2 is 1.38 bits per heavy atom. The van der Waals surface area contributed by atoms with Gasteiger partial charge in [-0.25, -0.2) is 14.6 Å². The lowest BCUT2D eigenvalue weighted by atomic mass is 9.95. The van der Waals surface area contributed by atoms with E-state index in [-0.39, 0.29) is 60.3 Å². The number of alkyl carbamates (subject to hydrolysis) is 1. The summed E-state index contributed by atoms with van der Waals surface area (Å²) in [6.07, 6.45) is 0.502. The monoisotopic (exact) mass is 784 g/mol. The molecular formula is C45H48N6O7. The first-order chi connectivity index (χ1) is 28.0. The molecule has 1 atom stereocenters. The topological polar surface area (TPSA) is 195 Å². The molecule has 3 amide bonds. The van der Waals surface area contributed by atoms with Crippen molar-refractivity contribution < 1.29 is 33.4 Å². The molecule has 0 saturated heterocycles. The number of carbonyl (C=O) groups is 4. The number of benzene rings is 4. The second kappa shape index (κ2) is 20.8. The largest absolute Gasteiger partial charge is 0.478 e. The minimum absolute atomic E-state index is 0.0298. The van der Waals surface area contributed by atoms with E-state index >= 15 is 0 Å². The van der Waals surface area contributed by atoms with Gasteiger partial charge in [-0.05, 0) is 84.8 Å². The van der Waals surface area contributed by atoms with E-state index in [0.29, 0.717) is 41.8 Å². The number of aromatic nitrogens is 1. The number of esters is 1. The van der Waals surface area contributed by atoms with Crippen molar-refractivity contribution in [2.75, 3.05) is 18.5 Å². The van der Waals surface area contributed by atoms with Gasteiger partial charge in [0.05, 0.1) is 12.2 Å². The summed E-state index contributed by atoms with van der Waals surface area (Å²) in [5.41, 5.74) is 8.93. The first-order valence-corrected chi connectivity index (χ1v) is 19.0. The summed E-state index contributed by atoms with van der Waals surface area (Å²) in [5, 5.41) is 16.3. The summed E-state index contributed by atoms with van der Waals surface area (Å²) >= 11 is 0. The van der Waals surface area contributed by atoms with Crippen LogP contribution in [0.25, 0.3) is 11.1 Å². The molecule has 5 rings (SSSR count). The summed E-state index contributed by atoms with van der Waals surface area (Å²) in [6, 6.07) is 32.5. The van der Waals surface area contributed by atoms with E-state index in [4.69, 9.17) is 25.4 Å². The van der Waals surface area contributed by atoms with Crippen LogP contribution in [-0.4, -0.2) is 53.9 Å². The van der Waals surface area contributed by atoms with E-state index < -0.39 is 23.9 Å². The first kappa shape index (κ1) is 42.1. The maximum absolute atomic E-state index is 14.0. The normalized spacial score (nSPS) is 11.2. The highest BCUT2D eigenvalue weighted by Gasteiger charge is 2.25. The third kappa shape index (κ3) is 12.2. The van der Waals surface area contributed by atoms with Crippen LogP contribution in [0.4, 0.5) is 10.5 Å². The minimum atomic E-state index is -0.717. The van der Waals surface area contributed by atoms with Gasteiger partial charge in [-0.2, -0.15) is 0 Å². The Morgan fingerprint density at radius 3 is 2.00 bits per heavy atom. The zero-order valence-electron chi connectivity index (χ0n) is 32.7. The second-order valence-electron chi connectivity index (χ2n) is 13.8. The number of nitrogen functional groups attached to an aromatic ring is 1. The lowest BCUT2D eigenvalue weighted by Gasteiger charge is -2.21. The van der Waals surface area contributed by atoms with Gasteiger partial charge in [0, 0.05) is 41.0 Å². The third-order valence-corrected chi connectivity index (χ3v) is 8.90. The number of carbonyl (C=O) groups excluding carboxylic acids is 4. The van der Waals surface area contributed by atoms with Crippen molar-refractivity contribution in [1.29, 1.82) is 5.41 Å². The highest BCUT2D eigenvalue weighted by atomic mass is 16.5. The van der Waals surface area contributed by atoms with Gasteiger partial charge in [0.15, 0.2) is 0 Å². The van der Waals surface area contributed by atoms with Crippen LogP contribution in [-0.2, 0) is 22.7 Å². The number of anilines is 1. The van der Waals surface area contributed by atoms with Crippen molar-refractivity contribution in [3.8, 4) is 17.0 Å². The number of nitrogens with one attached hydrogen (secondary N) is 4. The smallest absolute Gasteiger partial charge is 0.407 e. The lowest BCUT2D eigenvalue weighted by Crippen LogP contribution is -2.39. The van der Waals surface area contributed by atoms with Crippen LogP contribution in [0.15, 0.2) is 115 Å². The van der Waals surface area contributed by atoms with E-state index in [0.717, 1.165) is 11.1 Å². The molecular weight excluding hydrogens is 737 g/mol. The number of rotatable bonds is 18. The van der Waals surface area contributed by atoms with Gasteiger partial charge in [-0.3, -0.25) is 15.0 Å².